The molecule has 7 heteroatoms. The van der Waals surface area contributed by atoms with Crippen molar-refractivity contribution in [1.82, 2.24) is 0 Å². The van der Waals surface area contributed by atoms with Gasteiger partial charge in [-0.15, -0.1) is 0 Å². The second-order valence-electron chi connectivity index (χ2n) is 5.93. The minimum Gasteiger partial charge on any atom is -0.449 e. The number of ether oxygens (including phenoxy) is 2. The second kappa shape index (κ2) is 9.49. The summed E-state index contributed by atoms with van der Waals surface area (Å²) in [4.78, 5) is 35.4. The number of nitrogens with one attached hydrogen (secondary N) is 2. The Morgan fingerprint density at radius 3 is 2.00 bits per heavy atom. The zero-order chi connectivity index (χ0) is 19.8. The Kier molecular flexibility index (Phi) is 7.08. The van der Waals surface area contributed by atoms with Gasteiger partial charge in [0, 0.05) is 25.4 Å². The summed E-state index contributed by atoms with van der Waals surface area (Å²) in [6.45, 7) is 3.36. The Bertz CT molecular complexity index is 800. The van der Waals surface area contributed by atoms with Crippen molar-refractivity contribution in [3.63, 3.8) is 0 Å². The van der Waals surface area contributed by atoms with E-state index in [4.69, 9.17) is 9.47 Å². The predicted octanol–water partition coefficient (Wildman–Crippen LogP) is 2.98. The number of amides is 2. The van der Waals surface area contributed by atoms with E-state index in [-0.39, 0.29) is 5.91 Å². The number of methoxy groups -OCH3 is 1. The van der Waals surface area contributed by atoms with Crippen LogP contribution in [0.5, 0.6) is 0 Å². The summed E-state index contributed by atoms with van der Waals surface area (Å²) in [6.07, 6.45) is -0.967. The van der Waals surface area contributed by atoms with Crippen LogP contribution in [0.4, 0.5) is 11.4 Å². The van der Waals surface area contributed by atoms with Crippen LogP contribution < -0.4 is 10.6 Å². The minimum absolute atomic E-state index is 0.178. The number of hydrogen-bond acceptors (Lipinski definition) is 5. The Hall–Kier alpha value is -3.19. The molecule has 2 N–H and O–H groups in total. The number of rotatable bonds is 7. The molecule has 142 valence electrons. The zero-order valence-electron chi connectivity index (χ0n) is 15.4. The molecule has 2 amide bonds. The second-order valence-corrected chi connectivity index (χ2v) is 5.93. The van der Waals surface area contributed by atoms with Crippen molar-refractivity contribution in [2.45, 2.75) is 26.6 Å². The third-order valence-corrected chi connectivity index (χ3v) is 3.63. The van der Waals surface area contributed by atoms with Crippen molar-refractivity contribution in [3.05, 3.63) is 59.7 Å². The normalized spacial score (nSPS) is 11.4. The van der Waals surface area contributed by atoms with Gasteiger partial charge >= 0.3 is 5.97 Å². The topological polar surface area (TPSA) is 93.7 Å². The molecule has 27 heavy (non-hydrogen) atoms. The molecule has 2 aromatic carbocycles. The van der Waals surface area contributed by atoms with Gasteiger partial charge in [-0.1, -0.05) is 12.1 Å². The summed E-state index contributed by atoms with van der Waals surface area (Å²) in [6, 6.07) is 13.4. The molecule has 0 bridgehead atoms. The summed E-state index contributed by atoms with van der Waals surface area (Å²) in [7, 11) is 1.59. The van der Waals surface area contributed by atoms with Crippen LogP contribution in [0.3, 0.4) is 0 Å². The number of esters is 1. The van der Waals surface area contributed by atoms with Crippen LogP contribution in [0.2, 0.25) is 0 Å². The van der Waals surface area contributed by atoms with E-state index < -0.39 is 18.0 Å². The molecule has 0 unspecified atom stereocenters. The van der Waals surface area contributed by atoms with E-state index in [1.165, 1.54) is 13.8 Å². The van der Waals surface area contributed by atoms with Gasteiger partial charge in [0.05, 0.1) is 12.2 Å². The molecular formula is C20H22N2O5. The van der Waals surface area contributed by atoms with Gasteiger partial charge in [0.25, 0.3) is 5.91 Å². The quantitative estimate of drug-likeness (QED) is 0.731. The maximum Gasteiger partial charge on any atom is 0.338 e. The molecule has 2 aromatic rings. The fourth-order valence-corrected chi connectivity index (χ4v) is 2.27. The first kappa shape index (κ1) is 20.1. The van der Waals surface area contributed by atoms with Crippen LogP contribution in [-0.2, 0) is 25.7 Å². The van der Waals surface area contributed by atoms with E-state index in [1.54, 1.807) is 55.6 Å². The first-order valence-corrected chi connectivity index (χ1v) is 8.36. The summed E-state index contributed by atoms with van der Waals surface area (Å²) >= 11 is 0. The highest BCUT2D eigenvalue weighted by molar-refractivity contribution is 5.97. The Morgan fingerprint density at radius 2 is 1.48 bits per heavy atom. The molecule has 0 aliphatic heterocycles. The van der Waals surface area contributed by atoms with Crippen molar-refractivity contribution in [1.29, 1.82) is 0 Å². The Balaban J connectivity index is 1.90. The highest BCUT2D eigenvalue weighted by Gasteiger charge is 2.19. The molecule has 0 heterocycles. The summed E-state index contributed by atoms with van der Waals surface area (Å²) < 4.78 is 10.2. The lowest BCUT2D eigenvalue weighted by Gasteiger charge is -2.14. The molecule has 0 aromatic heterocycles. The van der Waals surface area contributed by atoms with Crippen molar-refractivity contribution in [2.24, 2.45) is 0 Å². The number of benzene rings is 2. The largest absolute Gasteiger partial charge is 0.449 e. The maximum absolute atomic E-state index is 12.2. The fourth-order valence-electron chi connectivity index (χ4n) is 2.27. The molecule has 0 fully saturated rings. The highest BCUT2D eigenvalue weighted by Crippen LogP contribution is 2.14. The van der Waals surface area contributed by atoms with Gasteiger partial charge in [-0.05, 0) is 48.9 Å². The zero-order valence-corrected chi connectivity index (χ0v) is 15.4. The van der Waals surface area contributed by atoms with Gasteiger partial charge in [-0.2, -0.15) is 0 Å². The van der Waals surface area contributed by atoms with E-state index >= 15 is 0 Å². The molecule has 1 atom stereocenters. The SMILES string of the molecule is COCc1ccc(C(=O)O[C@H](C)C(=O)Nc2ccc(NC(C)=O)cc2)cc1. The third kappa shape index (κ3) is 6.23. The summed E-state index contributed by atoms with van der Waals surface area (Å²) in [5.74, 6) is -1.21. The average Bonchev–Trinajstić information content (AvgIpc) is 2.63. The van der Waals surface area contributed by atoms with E-state index in [0.717, 1.165) is 5.56 Å². The smallest absolute Gasteiger partial charge is 0.338 e. The lowest BCUT2D eigenvalue weighted by atomic mass is 10.1. The van der Waals surface area contributed by atoms with Crippen molar-refractivity contribution < 1.29 is 23.9 Å². The van der Waals surface area contributed by atoms with Crippen molar-refractivity contribution >= 4 is 29.2 Å². The summed E-state index contributed by atoms with van der Waals surface area (Å²) in [5, 5.41) is 5.29. The van der Waals surface area contributed by atoms with Gasteiger partial charge in [0.2, 0.25) is 5.91 Å². The van der Waals surface area contributed by atoms with Crippen LogP contribution in [0, 0.1) is 0 Å². The van der Waals surface area contributed by atoms with E-state index in [0.29, 0.717) is 23.5 Å². The van der Waals surface area contributed by atoms with E-state index in [2.05, 4.69) is 10.6 Å². The molecule has 0 saturated heterocycles. The first-order valence-electron chi connectivity index (χ1n) is 8.36. The highest BCUT2D eigenvalue weighted by atomic mass is 16.5. The number of carbonyl (C=O) groups is 3. The number of hydrogen-bond donors (Lipinski definition) is 2. The van der Waals surface area contributed by atoms with Crippen molar-refractivity contribution in [2.75, 3.05) is 17.7 Å². The lowest BCUT2D eigenvalue weighted by molar-refractivity contribution is -0.123. The monoisotopic (exact) mass is 370 g/mol. The molecule has 0 radical (unpaired) electrons. The summed E-state index contributed by atoms with van der Waals surface area (Å²) in [5.41, 5.74) is 2.44. The molecule has 0 aliphatic carbocycles. The Labute approximate surface area is 157 Å². The molecule has 0 saturated carbocycles. The van der Waals surface area contributed by atoms with Crippen molar-refractivity contribution in [3.8, 4) is 0 Å². The van der Waals surface area contributed by atoms with Crippen LogP contribution in [0.15, 0.2) is 48.5 Å². The predicted molar refractivity (Wildman–Crippen MR) is 101 cm³/mol. The van der Waals surface area contributed by atoms with Gasteiger partial charge in [-0.25, -0.2) is 4.79 Å². The van der Waals surface area contributed by atoms with Crippen LogP contribution >= 0.6 is 0 Å². The maximum atomic E-state index is 12.2. The first-order chi connectivity index (χ1) is 12.9. The fraction of sp³-hybridized carbons (Fsp3) is 0.250. The van der Waals surface area contributed by atoms with Gasteiger partial charge in [-0.3, -0.25) is 9.59 Å². The molecular weight excluding hydrogens is 348 g/mol. The van der Waals surface area contributed by atoms with E-state index in [1.807, 2.05) is 0 Å². The minimum atomic E-state index is -0.967. The molecule has 0 aliphatic rings. The van der Waals surface area contributed by atoms with E-state index in [9.17, 15) is 14.4 Å². The van der Waals surface area contributed by atoms with Crippen LogP contribution in [-0.4, -0.2) is 31.0 Å². The standard InChI is InChI=1S/C20H22N2O5/c1-13(27-20(25)16-6-4-15(5-7-16)12-26-3)19(24)22-18-10-8-17(9-11-18)21-14(2)23/h4-11,13H,12H2,1-3H3,(H,21,23)(H,22,24)/t13-/m1/s1. The number of carbonyl (C=O) groups excluding carboxylic acids is 3. The lowest BCUT2D eigenvalue weighted by Crippen LogP contribution is -2.30. The average molecular weight is 370 g/mol. The molecule has 0 spiro atoms. The van der Waals surface area contributed by atoms with Gasteiger partial charge in [0.1, 0.15) is 0 Å². The van der Waals surface area contributed by atoms with Gasteiger partial charge in [0.15, 0.2) is 6.10 Å². The van der Waals surface area contributed by atoms with Crippen LogP contribution in [0.25, 0.3) is 0 Å². The molecule has 2 rings (SSSR count). The third-order valence-electron chi connectivity index (χ3n) is 3.63. The van der Waals surface area contributed by atoms with Crippen LogP contribution in [0.1, 0.15) is 29.8 Å². The number of anilines is 2. The Morgan fingerprint density at radius 1 is 0.926 bits per heavy atom. The van der Waals surface area contributed by atoms with Gasteiger partial charge < -0.3 is 20.1 Å². The molecule has 7 nitrogen and oxygen atoms in total.